The Morgan fingerprint density at radius 2 is 2.25 bits per heavy atom. The molecule has 20 heavy (non-hydrogen) atoms. The molecule has 0 spiro atoms. The van der Waals surface area contributed by atoms with Crippen LogP contribution in [0.15, 0.2) is 45.5 Å². The van der Waals surface area contributed by atoms with E-state index in [-0.39, 0.29) is 5.91 Å². The van der Waals surface area contributed by atoms with Gasteiger partial charge >= 0.3 is 0 Å². The maximum atomic E-state index is 12.2. The van der Waals surface area contributed by atoms with Crippen LogP contribution in [0.3, 0.4) is 0 Å². The van der Waals surface area contributed by atoms with Gasteiger partial charge in [-0.25, -0.2) is 0 Å². The van der Waals surface area contributed by atoms with E-state index < -0.39 is 0 Å². The van der Waals surface area contributed by atoms with Crippen LogP contribution < -0.4 is 11.1 Å². The fourth-order valence-electron chi connectivity index (χ4n) is 1.92. The number of amides is 1. The normalized spacial score (nSPS) is 10.8. The van der Waals surface area contributed by atoms with E-state index in [0.29, 0.717) is 22.9 Å². The van der Waals surface area contributed by atoms with Crippen LogP contribution in [0, 0.1) is 0 Å². The van der Waals surface area contributed by atoms with Crippen LogP contribution in [-0.4, -0.2) is 5.91 Å². The minimum atomic E-state index is -0.184. The SMILES string of the molecule is Nc1c(C(=O)NCc2ccco2)sc2ccc(Br)cc12. The lowest BCUT2D eigenvalue weighted by Gasteiger charge is -2.02. The molecule has 2 heterocycles. The fraction of sp³-hybridized carbons (Fsp3) is 0.0714. The molecule has 6 heteroatoms. The number of thiophene rings is 1. The zero-order chi connectivity index (χ0) is 14.1. The molecule has 4 nitrogen and oxygen atoms in total. The van der Waals surface area contributed by atoms with Crippen LogP contribution in [-0.2, 0) is 6.54 Å². The zero-order valence-electron chi connectivity index (χ0n) is 10.4. The van der Waals surface area contributed by atoms with Gasteiger partial charge in [-0.05, 0) is 30.3 Å². The molecule has 0 unspecified atom stereocenters. The summed E-state index contributed by atoms with van der Waals surface area (Å²) < 4.78 is 7.11. The van der Waals surface area contributed by atoms with Gasteiger partial charge < -0.3 is 15.5 Å². The molecule has 102 valence electrons. The number of nitrogens with two attached hydrogens (primary N) is 1. The van der Waals surface area contributed by atoms with Gasteiger partial charge in [-0.3, -0.25) is 4.79 Å². The van der Waals surface area contributed by atoms with Crippen LogP contribution in [0.25, 0.3) is 10.1 Å². The van der Waals surface area contributed by atoms with Crippen molar-refractivity contribution < 1.29 is 9.21 Å². The summed E-state index contributed by atoms with van der Waals surface area (Å²) in [7, 11) is 0. The summed E-state index contributed by atoms with van der Waals surface area (Å²) in [6.45, 7) is 0.350. The van der Waals surface area contributed by atoms with Gasteiger partial charge in [0.25, 0.3) is 5.91 Å². The Hall–Kier alpha value is -1.79. The number of benzene rings is 1. The van der Waals surface area contributed by atoms with Crippen molar-refractivity contribution in [3.8, 4) is 0 Å². The Bertz CT molecular complexity index is 765. The largest absolute Gasteiger partial charge is 0.467 e. The molecule has 3 aromatic rings. The van der Waals surface area contributed by atoms with Crippen LogP contribution in [0.1, 0.15) is 15.4 Å². The van der Waals surface area contributed by atoms with Crippen LogP contribution in [0.2, 0.25) is 0 Å². The monoisotopic (exact) mass is 350 g/mol. The molecule has 0 aliphatic heterocycles. The van der Waals surface area contributed by atoms with Gasteiger partial charge in [-0.15, -0.1) is 11.3 Å². The first-order chi connectivity index (χ1) is 9.65. The number of rotatable bonds is 3. The molecule has 0 bridgehead atoms. The fourth-order valence-corrected chi connectivity index (χ4v) is 3.30. The number of halogens is 1. The highest BCUT2D eigenvalue weighted by atomic mass is 79.9. The van der Waals surface area contributed by atoms with Crippen molar-refractivity contribution in [1.82, 2.24) is 5.32 Å². The van der Waals surface area contributed by atoms with Gasteiger partial charge in [-0.2, -0.15) is 0 Å². The third kappa shape index (κ3) is 2.44. The summed E-state index contributed by atoms with van der Waals surface area (Å²) in [5.74, 6) is 0.525. The number of fused-ring (bicyclic) bond motifs is 1. The maximum Gasteiger partial charge on any atom is 0.263 e. The molecular weight excluding hydrogens is 340 g/mol. The van der Waals surface area contributed by atoms with E-state index in [9.17, 15) is 4.79 Å². The van der Waals surface area contributed by atoms with E-state index >= 15 is 0 Å². The predicted molar refractivity (Wildman–Crippen MR) is 83.8 cm³/mol. The molecule has 0 radical (unpaired) electrons. The van der Waals surface area contributed by atoms with Gasteiger partial charge in [0.15, 0.2) is 0 Å². The van der Waals surface area contributed by atoms with Crippen molar-refractivity contribution in [2.45, 2.75) is 6.54 Å². The maximum absolute atomic E-state index is 12.2. The minimum absolute atomic E-state index is 0.184. The number of hydrogen-bond acceptors (Lipinski definition) is 4. The molecule has 3 N–H and O–H groups in total. The quantitative estimate of drug-likeness (QED) is 0.755. The van der Waals surface area contributed by atoms with E-state index in [4.69, 9.17) is 10.2 Å². The third-order valence-electron chi connectivity index (χ3n) is 2.90. The highest BCUT2D eigenvalue weighted by Crippen LogP contribution is 2.35. The molecule has 0 saturated heterocycles. The van der Waals surface area contributed by atoms with Gasteiger partial charge in [0.1, 0.15) is 10.6 Å². The lowest BCUT2D eigenvalue weighted by molar-refractivity contribution is 0.0953. The van der Waals surface area contributed by atoms with Crippen molar-refractivity contribution in [3.05, 3.63) is 51.7 Å². The molecular formula is C14H11BrN2O2S. The van der Waals surface area contributed by atoms with Gasteiger partial charge in [0.2, 0.25) is 0 Å². The molecule has 0 aliphatic rings. The van der Waals surface area contributed by atoms with Crippen molar-refractivity contribution in [1.29, 1.82) is 0 Å². The smallest absolute Gasteiger partial charge is 0.263 e. The van der Waals surface area contributed by atoms with Crippen LogP contribution >= 0.6 is 27.3 Å². The highest BCUT2D eigenvalue weighted by Gasteiger charge is 2.16. The highest BCUT2D eigenvalue weighted by molar-refractivity contribution is 9.10. The molecule has 1 aromatic carbocycles. The number of carbonyl (C=O) groups is 1. The molecule has 0 aliphatic carbocycles. The number of nitrogen functional groups attached to an aromatic ring is 1. The first-order valence-corrected chi connectivity index (χ1v) is 7.54. The second-order valence-corrected chi connectivity index (χ2v) is 6.22. The summed E-state index contributed by atoms with van der Waals surface area (Å²) in [5.41, 5.74) is 6.58. The zero-order valence-corrected chi connectivity index (χ0v) is 12.8. The molecule has 2 aromatic heterocycles. The van der Waals surface area contributed by atoms with Crippen LogP contribution in [0.4, 0.5) is 5.69 Å². The first-order valence-electron chi connectivity index (χ1n) is 5.93. The molecule has 1 amide bonds. The summed E-state index contributed by atoms with van der Waals surface area (Å²) in [6.07, 6.45) is 1.58. The van der Waals surface area contributed by atoms with Crippen molar-refractivity contribution in [2.75, 3.05) is 5.73 Å². The predicted octanol–water partition coefficient (Wildman–Crippen LogP) is 3.77. The van der Waals surface area contributed by atoms with Gasteiger partial charge in [-0.1, -0.05) is 15.9 Å². The van der Waals surface area contributed by atoms with E-state index in [1.807, 2.05) is 24.3 Å². The first kappa shape index (κ1) is 13.2. The molecule has 0 fully saturated rings. The van der Waals surface area contributed by atoms with E-state index in [1.54, 1.807) is 12.3 Å². The summed E-state index contributed by atoms with van der Waals surface area (Å²) in [4.78, 5) is 12.7. The third-order valence-corrected chi connectivity index (χ3v) is 4.58. The lowest BCUT2D eigenvalue weighted by Crippen LogP contribution is -2.22. The Morgan fingerprint density at radius 1 is 1.40 bits per heavy atom. The average Bonchev–Trinajstić information content (AvgIpc) is 3.05. The second kappa shape index (κ2) is 5.30. The topological polar surface area (TPSA) is 68.3 Å². The molecule has 3 rings (SSSR count). The number of hydrogen-bond donors (Lipinski definition) is 2. The molecule has 0 atom stereocenters. The Kier molecular flexibility index (Phi) is 3.50. The Balaban J connectivity index is 1.86. The van der Waals surface area contributed by atoms with E-state index in [2.05, 4.69) is 21.2 Å². The lowest BCUT2D eigenvalue weighted by atomic mass is 10.2. The van der Waals surface area contributed by atoms with Gasteiger partial charge in [0, 0.05) is 14.6 Å². The second-order valence-electron chi connectivity index (χ2n) is 4.25. The van der Waals surface area contributed by atoms with E-state index in [1.165, 1.54) is 11.3 Å². The average molecular weight is 351 g/mol. The summed E-state index contributed by atoms with van der Waals surface area (Å²) in [6, 6.07) is 9.40. The van der Waals surface area contributed by atoms with Gasteiger partial charge in [0.05, 0.1) is 18.5 Å². The van der Waals surface area contributed by atoms with Crippen molar-refractivity contribution >= 4 is 48.9 Å². The number of anilines is 1. The Morgan fingerprint density at radius 3 is 3.00 bits per heavy atom. The van der Waals surface area contributed by atoms with E-state index in [0.717, 1.165) is 14.6 Å². The number of carbonyl (C=O) groups excluding carboxylic acids is 1. The molecule has 0 saturated carbocycles. The number of nitrogens with one attached hydrogen (secondary N) is 1. The van der Waals surface area contributed by atoms with Crippen molar-refractivity contribution in [2.24, 2.45) is 0 Å². The van der Waals surface area contributed by atoms with Crippen molar-refractivity contribution in [3.63, 3.8) is 0 Å². The number of furan rings is 1. The summed E-state index contributed by atoms with van der Waals surface area (Å²) in [5, 5.41) is 3.70. The van der Waals surface area contributed by atoms with Crippen LogP contribution in [0.5, 0.6) is 0 Å². The standard InChI is InChI=1S/C14H11BrN2O2S/c15-8-3-4-11-10(6-8)12(16)13(20-11)14(18)17-7-9-2-1-5-19-9/h1-6H,7,16H2,(H,17,18). The summed E-state index contributed by atoms with van der Waals surface area (Å²) >= 11 is 4.80. The Labute approximate surface area is 127 Å². The minimum Gasteiger partial charge on any atom is -0.467 e.